The van der Waals surface area contributed by atoms with Gasteiger partial charge in [-0.2, -0.15) is 0 Å². The van der Waals surface area contributed by atoms with Crippen molar-refractivity contribution in [1.82, 2.24) is 15.0 Å². The average molecular weight is 1060 g/mol. The Morgan fingerprint density at radius 2 is 1.75 bits per heavy atom. The molecule has 2 aromatic heterocycles. The number of aromatic nitrogens is 3. The van der Waals surface area contributed by atoms with Gasteiger partial charge in [0.2, 0.25) is 0 Å². The van der Waals surface area contributed by atoms with Gasteiger partial charge in [0.1, 0.15) is 29.9 Å². The largest absolute Gasteiger partial charge is 0.508 e. The molecule has 1 saturated heterocycles. The van der Waals surface area contributed by atoms with E-state index in [4.69, 9.17) is 15.2 Å². The van der Waals surface area contributed by atoms with Crippen LogP contribution in [0.2, 0.25) is 0 Å². The number of aromatic amines is 2. The van der Waals surface area contributed by atoms with E-state index in [1.165, 1.54) is 24.3 Å². The molecule has 404 valence electrons. The molecule has 2 fully saturated rings. The number of ether oxygens (including phenoxy) is 2. The second-order valence-corrected chi connectivity index (χ2v) is 21.8. The summed E-state index contributed by atoms with van der Waals surface area (Å²) in [5, 5.41) is 115. The lowest BCUT2D eigenvalue weighted by atomic mass is 9.53. The van der Waals surface area contributed by atoms with Gasteiger partial charge in [0.25, 0.3) is 5.91 Å². The topological polar surface area (TPSA) is 341 Å². The number of benzene rings is 3. The van der Waals surface area contributed by atoms with E-state index in [-0.39, 0.29) is 60.6 Å². The molecule has 0 spiro atoms. The summed E-state index contributed by atoms with van der Waals surface area (Å²) < 4.78 is 11.2. The van der Waals surface area contributed by atoms with Gasteiger partial charge < -0.3 is 81.6 Å². The van der Waals surface area contributed by atoms with Crippen LogP contribution in [-0.4, -0.2) is 146 Å². The average Bonchev–Trinajstić information content (AvgIpc) is 4.20. The fourth-order valence-electron chi connectivity index (χ4n) is 14.8. The molecule has 77 heavy (non-hydrogen) atoms. The Labute approximate surface area is 441 Å². The summed E-state index contributed by atoms with van der Waals surface area (Å²) in [7, 11) is 0. The predicted octanol–water partition coefficient (Wildman–Crippen LogP) is 3.13. The van der Waals surface area contributed by atoms with Crippen LogP contribution in [0.4, 0.5) is 11.5 Å². The summed E-state index contributed by atoms with van der Waals surface area (Å²) in [6.07, 6.45) is 3.47. The Kier molecular flexibility index (Phi) is 12.5. The molecule has 15 N–H and O–H groups in total. The van der Waals surface area contributed by atoms with Crippen molar-refractivity contribution in [2.75, 3.05) is 30.0 Å². The van der Waals surface area contributed by atoms with Gasteiger partial charge in [-0.25, -0.2) is 9.78 Å². The number of carboxylic acid groups (broad SMARTS) is 1. The highest BCUT2D eigenvalue weighted by Crippen LogP contribution is 2.72. The summed E-state index contributed by atoms with van der Waals surface area (Å²) >= 11 is 0. The first-order valence-electron chi connectivity index (χ1n) is 26.2. The maximum Gasteiger partial charge on any atom is 0.355 e. The molecule has 0 radical (unpaired) electrons. The number of phenols is 2. The van der Waals surface area contributed by atoms with E-state index >= 15 is 4.79 Å². The Balaban J connectivity index is 0.989. The lowest BCUT2D eigenvalue weighted by molar-refractivity contribution is -0.422. The standard InChI is InChI=1S/C57H62N6O14/c58-44-15-11-30-10-9-28-4-1-2-5-37(28)55(30,44)47-34-20-31(66)12-13-38(34)56(54(73)74)48(47)35-21-41(68)42(76-57(75)53(72)52(71)51(70)43(25-65)77-57)22-39(35)63(56)46(69)16-8-27-7-14-40(67)32(18-27)33-19-29(24-64)36(50-49(33)61-26-62-50)23-60-45-6-3-17-59-45/h1-10,14,16-18,21-22,26,29-31,33,36,43-44,47-48,51-53,59-60,64-68,70-72,75H,11-13,15,19-20,23-25,58H2,(H,61,62)(H,73,74). The van der Waals surface area contributed by atoms with E-state index in [0.29, 0.717) is 48.1 Å². The first kappa shape index (κ1) is 50.9. The van der Waals surface area contributed by atoms with Crippen molar-refractivity contribution >= 4 is 35.5 Å². The third kappa shape index (κ3) is 7.56. The molecule has 1 amide bonds. The van der Waals surface area contributed by atoms with Crippen LogP contribution in [0, 0.1) is 17.8 Å². The van der Waals surface area contributed by atoms with Crippen molar-refractivity contribution in [3.05, 3.63) is 142 Å². The Morgan fingerprint density at radius 3 is 2.52 bits per heavy atom. The minimum absolute atomic E-state index is 0.0360. The molecule has 12 rings (SSSR count). The number of nitrogens with one attached hydrogen (secondary N) is 3. The van der Waals surface area contributed by atoms with Crippen molar-refractivity contribution in [2.45, 2.75) is 110 Å². The maximum absolute atomic E-state index is 15.7. The molecule has 3 aromatic carbocycles. The molecule has 5 aromatic rings. The number of nitrogens with zero attached hydrogens (tertiary/aromatic N) is 2. The van der Waals surface area contributed by atoms with Crippen molar-refractivity contribution < 1.29 is 70.1 Å². The number of aromatic hydroxyl groups is 2. The van der Waals surface area contributed by atoms with Crippen LogP contribution in [-0.2, 0) is 19.7 Å². The van der Waals surface area contributed by atoms with Gasteiger partial charge in [-0.05, 0) is 115 Å². The van der Waals surface area contributed by atoms with E-state index in [2.05, 4.69) is 26.3 Å². The van der Waals surface area contributed by atoms with Crippen LogP contribution >= 0.6 is 0 Å². The van der Waals surface area contributed by atoms with E-state index in [0.717, 1.165) is 39.3 Å². The Hall–Kier alpha value is -6.85. The molecule has 20 nitrogen and oxygen atoms in total. The summed E-state index contributed by atoms with van der Waals surface area (Å²) in [6, 6.07) is 18.3. The van der Waals surface area contributed by atoms with Crippen molar-refractivity contribution in [2.24, 2.45) is 23.5 Å². The van der Waals surface area contributed by atoms with Crippen LogP contribution in [0.3, 0.4) is 0 Å². The number of nitrogens with two attached hydrogens (primary N) is 1. The number of allylic oxidation sites excluding steroid dienone is 1. The molecule has 4 heterocycles. The van der Waals surface area contributed by atoms with E-state index in [1.807, 2.05) is 42.5 Å². The molecule has 1 saturated carbocycles. The first-order valence-corrected chi connectivity index (χ1v) is 26.2. The number of hydrogen-bond acceptors (Lipinski definition) is 16. The van der Waals surface area contributed by atoms with Gasteiger partial charge in [0.15, 0.2) is 23.1 Å². The number of imidazole rings is 1. The molecule has 15 unspecified atom stereocenters. The molecule has 2 aliphatic heterocycles. The summed E-state index contributed by atoms with van der Waals surface area (Å²) in [6.45, 7) is -0.602. The monoisotopic (exact) mass is 1050 g/mol. The summed E-state index contributed by atoms with van der Waals surface area (Å²) in [5.41, 5.74) is 9.69. The number of H-pyrrole nitrogens is 2. The number of fused-ring (bicyclic) bond motifs is 8. The quantitative estimate of drug-likeness (QED) is 0.0485. The zero-order chi connectivity index (χ0) is 53.9. The number of aliphatic hydroxyl groups is 7. The van der Waals surface area contributed by atoms with Crippen LogP contribution in [0.1, 0.15) is 95.5 Å². The zero-order valence-corrected chi connectivity index (χ0v) is 41.7. The van der Waals surface area contributed by atoms with E-state index < -0.39 is 101 Å². The molecule has 20 heteroatoms. The fraction of sp³-hybridized carbons (Fsp3) is 0.421. The maximum atomic E-state index is 15.7. The number of aliphatic hydroxyl groups excluding tert-OH is 6. The first-order chi connectivity index (χ1) is 37.1. The highest BCUT2D eigenvalue weighted by molar-refractivity contribution is 6.14. The van der Waals surface area contributed by atoms with Crippen molar-refractivity contribution in [1.29, 1.82) is 0 Å². The number of amides is 1. The SMILES string of the molecule is NC1CCC2C=Cc3ccccc3C12C1C2=C(CCC(O)C2)C2(C(=O)O)C1c1cc(O)c(OC3(O)OC(CO)C(O)C(O)C3O)cc1N2C(=O)C=Cc1ccc(O)c(C2CC(CO)C(CNc3ccc[nH]3)c3nc[nH]c32)c1. The number of anilines is 2. The van der Waals surface area contributed by atoms with Gasteiger partial charge in [-0.15, -0.1) is 0 Å². The van der Waals surface area contributed by atoms with E-state index in [1.54, 1.807) is 24.7 Å². The number of rotatable bonds is 12. The lowest BCUT2D eigenvalue weighted by Gasteiger charge is -2.50. The van der Waals surface area contributed by atoms with Crippen molar-refractivity contribution in [3.63, 3.8) is 0 Å². The number of carbonyl (C=O) groups excluding carboxylic acids is 1. The third-order valence-electron chi connectivity index (χ3n) is 18.1. The molecular weight excluding hydrogens is 993 g/mol. The van der Waals surface area contributed by atoms with Crippen molar-refractivity contribution in [3.8, 4) is 17.2 Å². The van der Waals surface area contributed by atoms with Crippen LogP contribution in [0.15, 0.2) is 103 Å². The summed E-state index contributed by atoms with van der Waals surface area (Å²) in [5.74, 6) is -8.95. The predicted molar refractivity (Wildman–Crippen MR) is 277 cm³/mol. The van der Waals surface area contributed by atoms with Crippen LogP contribution < -0.4 is 20.7 Å². The molecule has 0 bridgehead atoms. The molecular formula is C57H62N6O14. The van der Waals surface area contributed by atoms with E-state index in [9.17, 15) is 55.9 Å². The number of carboxylic acids is 1. The molecule has 15 atom stereocenters. The van der Waals surface area contributed by atoms with Gasteiger partial charge in [-0.1, -0.05) is 48.1 Å². The van der Waals surface area contributed by atoms with Gasteiger partial charge in [-0.3, -0.25) is 9.69 Å². The smallest absolute Gasteiger partial charge is 0.355 e. The number of phenolic OH excluding ortho intramolecular Hbond substituents is 2. The Bertz CT molecular complexity index is 3230. The second kappa shape index (κ2) is 19.0. The lowest BCUT2D eigenvalue weighted by Crippen LogP contribution is -2.67. The Morgan fingerprint density at radius 1 is 0.935 bits per heavy atom. The minimum atomic E-state index is -3.20. The summed E-state index contributed by atoms with van der Waals surface area (Å²) in [4.78, 5) is 42.9. The number of hydrogen-bond donors (Lipinski definition) is 14. The minimum Gasteiger partial charge on any atom is -0.508 e. The fourth-order valence-corrected chi connectivity index (χ4v) is 14.8. The van der Waals surface area contributed by atoms with Gasteiger partial charge >= 0.3 is 11.9 Å². The number of aliphatic carboxylic acids is 1. The van der Waals surface area contributed by atoms with Gasteiger partial charge in [0, 0.05) is 77.9 Å². The zero-order valence-electron chi connectivity index (χ0n) is 41.7. The number of carbonyl (C=O) groups is 2. The molecule has 7 aliphatic rings. The van der Waals surface area contributed by atoms with Crippen LogP contribution in [0.5, 0.6) is 17.2 Å². The highest BCUT2D eigenvalue weighted by atomic mass is 16.8. The third-order valence-corrected chi connectivity index (χ3v) is 18.1. The highest BCUT2D eigenvalue weighted by Gasteiger charge is 2.74. The normalized spacial score (nSPS) is 34.8. The second-order valence-electron chi connectivity index (χ2n) is 21.8. The van der Waals surface area contributed by atoms with Crippen LogP contribution in [0.25, 0.3) is 12.2 Å². The molecule has 5 aliphatic carbocycles. The van der Waals surface area contributed by atoms with Gasteiger partial charge in [0.05, 0.1) is 30.4 Å².